The molecule has 0 aromatic heterocycles. The lowest BCUT2D eigenvalue weighted by atomic mass is 9.86. The number of ketones is 1. The van der Waals surface area contributed by atoms with Gasteiger partial charge in [0.1, 0.15) is 22.0 Å². The minimum Gasteiger partial charge on any atom is -0.498 e. The van der Waals surface area contributed by atoms with E-state index >= 15 is 0 Å². The summed E-state index contributed by atoms with van der Waals surface area (Å²) in [5.41, 5.74) is 0.127. The van der Waals surface area contributed by atoms with Crippen LogP contribution >= 0.6 is 39.1 Å². The number of carbonyl (C=O) groups is 1. The molecular weight excluding hydrogens is 501 g/mol. The van der Waals surface area contributed by atoms with E-state index in [9.17, 15) is 13.2 Å². The van der Waals surface area contributed by atoms with Crippen LogP contribution in [0, 0.1) is 0 Å². The fourth-order valence-electron chi connectivity index (χ4n) is 4.15. The van der Waals surface area contributed by atoms with Crippen LogP contribution in [0.25, 0.3) is 4.91 Å². The molecule has 2 aliphatic rings. The van der Waals surface area contributed by atoms with Gasteiger partial charge in [0.25, 0.3) is 0 Å². The number of fused-ring (bicyclic) bond motifs is 1. The van der Waals surface area contributed by atoms with Gasteiger partial charge < -0.3 is 4.74 Å². The molecule has 1 fully saturated rings. The van der Waals surface area contributed by atoms with E-state index < -0.39 is 15.6 Å². The van der Waals surface area contributed by atoms with Crippen LogP contribution in [0.15, 0.2) is 52.7 Å². The Kier molecular flexibility index (Phi) is 5.32. The van der Waals surface area contributed by atoms with Crippen LogP contribution in [0.4, 0.5) is 0 Å². The van der Waals surface area contributed by atoms with Crippen LogP contribution in [0.3, 0.4) is 0 Å². The van der Waals surface area contributed by atoms with E-state index in [4.69, 9.17) is 27.9 Å². The molecule has 0 aliphatic carbocycles. The molecule has 0 amide bonds. The van der Waals surface area contributed by atoms with E-state index in [1.807, 2.05) is 24.3 Å². The lowest BCUT2D eigenvalue weighted by Gasteiger charge is -2.31. The quantitative estimate of drug-likeness (QED) is 0.592. The van der Waals surface area contributed by atoms with Crippen molar-refractivity contribution in [3.63, 3.8) is 0 Å². The maximum absolute atomic E-state index is 13.5. The number of hydrogen-bond donors (Lipinski definition) is 0. The summed E-state index contributed by atoms with van der Waals surface area (Å²) >= 11 is 15.6. The molecule has 9 heteroatoms. The van der Waals surface area contributed by atoms with Gasteiger partial charge in [0.05, 0.1) is 13.7 Å². The van der Waals surface area contributed by atoms with Gasteiger partial charge in [-0.15, -0.1) is 0 Å². The van der Waals surface area contributed by atoms with Crippen molar-refractivity contribution in [1.82, 2.24) is 4.31 Å². The average Bonchev–Trinajstić information content (AvgIpc) is 3.05. The summed E-state index contributed by atoms with van der Waals surface area (Å²) in [6.07, 6.45) is 0.357. The van der Waals surface area contributed by atoms with E-state index in [0.29, 0.717) is 22.0 Å². The first-order valence-electron chi connectivity index (χ1n) is 8.71. The van der Waals surface area contributed by atoms with Crippen LogP contribution in [-0.2, 0) is 26.0 Å². The van der Waals surface area contributed by atoms with Gasteiger partial charge >= 0.3 is 0 Å². The van der Waals surface area contributed by atoms with E-state index in [1.165, 1.54) is 29.6 Å². The van der Waals surface area contributed by atoms with Gasteiger partial charge in [-0.1, -0.05) is 51.3 Å². The third-order valence-corrected chi connectivity index (χ3v) is 8.16. The summed E-state index contributed by atoms with van der Waals surface area (Å²) in [4.78, 5) is 12.4. The second-order valence-electron chi connectivity index (χ2n) is 7.08. The standard InChI is InChI=1S/C20H16BrCl2NO4S/c1-28-19-18(13-6-15(22)8-16(23)7-13)29(26,27)24-11-17(25)10-20(19,24)9-12-2-4-14(21)5-3-12/h2-8H,9-11H2,1H3/t20-/m0/s1. The number of carbonyl (C=O) groups excluding carboxylic acids is 1. The zero-order valence-electron chi connectivity index (χ0n) is 15.3. The molecule has 0 radical (unpaired) electrons. The van der Waals surface area contributed by atoms with Crippen LogP contribution in [0.2, 0.25) is 10.0 Å². The van der Waals surface area contributed by atoms with Gasteiger partial charge in [0.2, 0.25) is 10.0 Å². The van der Waals surface area contributed by atoms with Crippen molar-refractivity contribution in [3.8, 4) is 0 Å². The van der Waals surface area contributed by atoms with Crippen molar-refractivity contribution in [1.29, 1.82) is 0 Å². The van der Waals surface area contributed by atoms with Crippen molar-refractivity contribution < 1.29 is 17.9 Å². The maximum Gasteiger partial charge on any atom is 0.248 e. The summed E-state index contributed by atoms with van der Waals surface area (Å²) in [7, 11) is -2.57. The van der Waals surface area contributed by atoms with Crippen molar-refractivity contribution in [2.75, 3.05) is 13.7 Å². The van der Waals surface area contributed by atoms with Crippen molar-refractivity contribution in [2.45, 2.75) is 18.4 Å². The molecule has 29 heavy (non-hydrogen) atoms. The van der Waals surface area contributed by atoms with E-state index in [1.54, 1.807) is 0 Å². The highest BCUT2D eigenvalue weighted by Gasteiger charge is 2.62. The van der Waals surface area contributed by atoms with Crippen molar-refractivity contribution >= 4 is 59.8 Å². The number of halogens is 3. The molecule has 5 nitrogen and oxygen atoms in total. The molecule has 1 saturated heterocycles. The lowest BCUT2D eigenvalue weighted by Crippen LogP contribution is -2.45. The molecule has 4 rings (SSSR count). The highest BCUT2D eigenvalue weighted by atomic mass is 79.9. The van der Waals surface area contributed by atoms with Gasteiger partial charge in [0.15, 0.2) is 0 Å². The Labute approximate surface area is 187 Å². The normalized spacial score (nSPS) is 23.5. The molecule has 2 aliphatic heterocycles. The highest BCUT2D eigenvalue weighted by molar-refractivity contribution is 9.10. The molecule has 2 aromatic carbocycles. The Morgan fingerprint density at radius 3 is 2.34 bits per heavy atom. The summed E-state index contributed by atoms with van der Waals surface area (Å²) in [6, 6.07) is 12.2. The molecule has 0 bridgehead atoms. The van der Waals surface area contributed by atoms with E-state index in [-0.39, 0.29) is 29.4 Å². The fraction of sp³-hybridized carbons (Fsp3) is 0.250. The van der Waals surface area contributed by atoms with Gasteiger partial charge in [0, 0.05) is 26.5 Å². The Morgan fingerprint density at radius 1 is 1.14 bits per heavy atom. The fourth-order valence-corrected chi connectivity index (χ4v) is 7.07. The first kappa shape index (κ1) is 20.9. The number of nitrogens with zero attached hydrogens (tertiary/aromatic N) is 1. The number of methoxy groups -OCH3 is 1. The zero-order chi connectivity index (χ0) is 21.0. The maximum atomic E-state index is 13.5. The smallest absolute Gasteiger partial charge is 0.248 e. The molecule has 0 saturated carbocycles. The predicted molar refractivity (Wildman–Crippen MR) is 116 cm³/mol. The zero-order valence-corrected chi connectivity index (χ0v) is 19.2. The number of hydrogen-bond acceptors (Lipinski definition) is 4. The molecule has 2 aromatic rings. The molecule has 0 spiro atoms. The first-order valence-corrected chi connectivity index (χ1v) is 11.7. The second-order valence-corrected chi connectivity index (χ2v) is 10.7. The summed E-state index contributed by atoms with van der Waals surface area (Å²) in [6.45, 7) is -0.191. The van der Waals surface area contributed by atoms with E-state index in [2.05, 4.69) is 15.9 Å². The average molecular weight is 517 g/mol. The molecule has 0 unspecified atom stereocenters. The third-order valence-electron chi connectivity index (χ3n) is 5.20. The Hall–Kier alpha value is -1.38. The van der Waals surface area contributed by atoms with Crippen molar-refractivity contribution in [2.24, 2.45) is 0 Å². The first-order chi connectivity index (χ1) is 13.7. The van der Waals surface area contributed by atoms with Crippen LogP contribution in [0.5, 0.6) is 0 Å². The van der Waals surface area contributed by atoms with Crippen LogP contribution in [0.1, 0.15) is 17.5 Å². The Balaban J connectivity index is 1.95. The Morgan fingerprint density at radius 2 is 1.76 bits per heavy atom. The monoisotopic (exact) mass is 515 g/mol. The topological polar surface area (TPSA) is 63.7 Å². The number of rotatable bonds is 4. The third kappa shape index (κ3) is 3.43. The number of Topliss-reactive ketones (excluding diaryl/α,β-unsaturated/α-hetero) is 1. The van der Waals surface area contributed by atoms with Gasteiger partial charge in [-0.05, 0) is 42.3 Å². The molecule has 152 valence electrons. The lowest BCUT2D eigenvalue weighted by molar-refractivity contribution is -0.116. The van der Waals surface area contributed by atoms with Gasteiger partial charge in [-0.2, -0.15) is 4.31 Å². The minimum atomic E-state index is -3.99. The minimum absolute atomic E-state index is 0.00834. The number of sulfonamides is 1. The second kappa shape index (κ2) is 7.39. The largest absolute Gasteiger partial charge is 0.498 e. The van der Waals surface area contributed by atoms with Gasteiger partial charge in [-0.3, -0.25) is 4.79 Å². The highest BCUT2D eigenvalue weighted by Crippen LogP contribution is 2.52. The predicted octanol–water partition coefficient (Wildman–Crippen LogP) is 4.67. The van der Waals surface area contributed by atoms with Crippen molar-refractivity contribution in [3.05, 3.63) is 73.9 Å². The van der Waals surface area contributed by atoms with Crippen LogP contribution < -0.4 is 0 Å². The van der Waals surface area contributed by atoms with E-state index in [0.717, 1.165) is 10.0 Å². The summed E-state index contributed by atoms with van der Waals surface area (Å²) < 4.78 is 34.8. The van der Waals surface area contributed by atoms with Gasteiger partial charge in [-0.25, -0.2) is 8.42 Å². The number of benzene rings is 2. The Bertz CT molecular complexity index is 1130. The number of ether oxygens (including phenoxy) is 1. The summed E-state index contributed by atoms with van der Waals surface area (Å²) in [5.74, 6) is 0.0908. The van der Waals surface area contributed by atoms with Crippen LogP contribution in [-0.4, -0.2) is 37.7 Å². The SMILES string of the molecule is COC1=C(c2cc(Cl)cc(Cl)c2)S(=O)(=O)N2CC(=O)C[C@@]12Cc1ccc(Br)cc1. The molecular formula is C20H16BrCl2NO4S. The molecule has 2 heterocycles. The summed E-state index contributed by atoms with van der Waals surface area (Å²) in [5, 5.41) is 0.631. The molecule has 0 N–H and O–H groups in total. The molecule has 1 atom stereocenters.